The number of aldehydes is 1. The van der Waals surface area contributed by atoms with Gasteiger partial charge < -0.3 is 10.2 Å². The molecule has 4 heteroatoms. The largest absolute Gasteiger partial charge is 0.370 e. The lowest BCUT2D eigenvalue weighted by atomic mass is 10.2. The summed E-state index contributed by atoms with van der Waals surface area (Å²) in [7, 11) is 0. The molecule has 2 aromatic carbocycles. The molecule has 0 saturated heterocycles. The SMILES string of the molecule is O=Cc1ccc(NC(=O)CCN2CCc3ccccc32)cc1. The van der Waals surface area contributed by atoms with E-state index in [9.17, 15) is 9.59 Å². The minimum atomic E-state index is -0.0109. The van der Waals surface area contributed by atoms with E-state index < -0.39 is 0 Å². The molecular weight excluding hydrogens is 276 g/mol. The summed E-state index contributed by atoms with van der Waals surface area (Å²) in [4.78, 5) is 24.9. The summed E-state index contributed by atoms with van der Waals surface area (Å²) in [6, 6.07) is 15.2. The molecular formula is C18H18N2O2. The molecule has 1 aliphatic rings. The zero-order valence-corrected chi connectivity index (χ0v) is 12.3. The predicted molar refractivity (Wildman–Crippen MR) is 87.4 cm³/mol. The number of nitrogens with one attached hydrogen (secondary N) is 1. The van der Waals surface area contributed by atoms with E-state index in [0.717, 1.165) is 31.5 Å². The third-order valence-electron chi connectivity index (χ3n) is 3.92. The highest BCUT2D eigenvalue weighted by atomic mass is 16.1. The number of carbonyl (C=O) groups is 2. The molecule has 0 bridgehead atoms. The normalized spacial score (nSPS) is 12.8. The summed E-state index contributed by atoms with van der Waals surface area (Å²) >= 11 is 0. The van der Waals surface area contributed by atoms with Gasteiger partial charge in [-0.05, 0) is 42.3 Å². The smallest absolute Gasteiger partial charge is 0.226 e. The number of fused-ring (bicyclic) bond motifs is 1. The summed E-state index contributed by atoms with van der Waals surface area (Å²) in [6.45, 7) is 1.69. The number of carbonyl (C=O) groups excluding carboxylic acids is 2. The van der Waals surface area contributed by atoms with Gasteiger partial charge in [-0.25, -0.2) is 0 Å². The Morgan fingerprint density at radius 2 is 1.91 bits per heavy atom. The van der Waals surface area contributed by atoms with Crippen LogP contribution < -0.4 is 10.2 Å². The maximum absolute atomic E-state index is 12.0. The summed E-state index contributed by atoms with van der Waals surface area (Å²) in [5, 5.41) is 2.86. The van der Waals surface area contributed by atoms with Gasteiger partial charge in [0.05, 0.1) is 0 Å². The minimum absolute atomic E-state index is 0.0109. The van der Waals surface area contributed by atoms with Gasteiger partial charge in [0, 0.05) is 36.4 Å². The number of benzene rings is 2. The molecule has 0 radical (unpaired) electrons. The molecule has 0 unspecified atom stereocenters. The zero-order valence-electron chi connectivity index (χ0n) is 12.3. The minimum Gasteiger partial charge on any atom is -0.370 e. The molecule has 0 atom stereocenters. The van der Waals surface area contributed by atoms with E-state index in [2.05, 4.69) is 28.4 Å². The van der Waals surface area contributed by atoms with E-state index in [1.54, 1.807) is 24.3 Å². The highest BCUT2D eigenvalue weighted by Crippen LogP contribution is 2.27. The fourth-order valence-corrected chi connectivity index (χ4v) is 2.74. The van der Waals surface area contributed by atoms with Gasteiger partial charge in [-0.15, -0.1) is 0 Å². The van der Waals surface area contributed by atoms with Crippen molar-refractivity contribution in [3.05, 3.63) is 59.7 Å². The van der Waals surface area contributed by atoms with E-state index in [0.29, 0.717) is 12.0 Å². The van der Waals surface area contributed by atoms with Crippen LogP contribution in [0.3, 0.4) is 0 Å². The third-order valence-corrected chi connectivity index (χ3v) is 3.92. The molecule has 0 saturated carbocycles. The first-order valence-electron chi connectivity index (χ1n) is 7.44. The van der Waals surface area contributed by atoms with Crippen LogP contribution in [0.4, 0.5) is 11.4 Å². The quantitative estimate of drug-likeness (QED) is 0.863. The number of hydrogen-bond acceptors (Lipinski definition) is 3. The first-order chi connectivity index (χ1) is 10.8. The number of hydrogen-bond donors (Lipinski definition) is 1. The average molecular weight is 294 g/mol. The molecule has 112 valence electrons. The molecule has 0 aromatic heterocycles. The first-order valence-corrected chi connectivity index (χ1v) is 7.44. The Labute approximate surface area is 129 Å². The molecule has 1 heterocycles. The fourth-order valence-electron chi connectivity index (χ4n) is 2.74. The van der Waals surface area contributed by atoms with Crippen molar-refractivity contribution in [1.29, 1.82) is 0 Å². The molecule has 1 amide bonds. The molecule has 4 nitrogen and oxygen atoms in total. The monoisotopic (exact) mass is 294 g/mol. The number of rotatable bonds is 5. The first kappa shape index (κ1) is 14.3. The highest BCUT2D eigenvalue weighted by molar-refractivity contribution is 5.91. The van der Waals surface area contributed by atoms with Crippen LogP contribution in [0.1, 0.15) is 22.3 Å². The number of anilines is 2. The van der Waals surface area contributed by atoms with Gasteiger partial charge >= 0.3 is 0 Å². The van der Waals surface area contributed by atoms with E-state index >= 15 is 0 Å². The Balaban J connectivity index is 1.53. The highest BCUT2D eigenvalue weighted by Gasteiger charge is 2.18. The molecule has 0 fully saturated rings. The predicted octanol–water partition coefficient (Wildman–Crippen LogP) is 2.89. The molecule has 1 aliphatic heterocycles. The maximum atomic E-state index is 12.0. The van der Waals surface area contributed by atoms with Crippen molar-refractivity contribution in [2.75, 3.05) is 23.3 Å². The third kappa shape index (κ3) is 3.17. The second-order valence-electron chi connectivity index (χ2n) is 5.40. The fraction of sp³-hybridized carbons (Fsp3) is 0.222. The van der Waals surface area contributed by atoms with Gasteiger partial charge in [-0.3, -0.25) is 9.59 Å². The lowest BCUT2D eigenvalue weighted by Crippen LogP contribution is -2.26. The van der Waals surface area contributed by atoms with Crippen molar-refractivity contribution in [2.24, 2.45) is 0 Å². The van der Waals surface area contributed by atoms with Crippen LogP contribution in [0.2, 0.25) is 0 Å². The number of para-hydroxylation sites is 1. The van der Waals surface area contributed by atoms with Gasteiger partial charge in [0.25, 0.3) is 0 Å². The van der Waals surface area contributed by atoms with Crippen LogP contribution in [0.15, 0.2) is 48.5 Å². The Morgan fingerprint density at radius 1 is 1.14 bits per heavy atom. The lowest BCUT2D eigenvalue weighted by Gasteiger charge is -2.18. The van der Waals surface area contributed by atoms with Gasteiger partial charge in [-0.2, -0.15) is 0 Å². The van der Waals surface area contributed by atoms with Crippen molar-refractivity contribution in [2.45, 2.75) is 12.8 Å². The van der Waals surface area contributed by atoms with E-state index in [-0.39, 0.29) is 5.91 Å². The van der Waals surface area contributed by atoms with Crippen LogP contribution >= 0.6 is 0 Å². The van der Waals surface area contributed by atoms with Crippen LogP contribution in [-0.4, -0.2) is 25.3 Å². The zero-order chi connectivity index (χ0) is 15.4. The summed E-state index contributed by atoms with van der Waals surface area (Å²) < 4.78 is 0. The van der Waals surface area contributed by atoms with Gasteiger partial charge in [0.2, 0.25) is 5.91 Å². The Kier molecular flexibility index (Phi) is 4.19. The van der Waals surface area contributed by atoms with Crippen LogP contribution in [-0.2, 0) is 11.2 Å². The Morgan fingerprint density at radius 3 is 2.68 bits per heavy atom. The number of amides is 1. The summed E-state index contributed by atoms with van der Waals surface area (Å²) in [6.07, 6.45) is 2.28. The molecule has 1 N–H and O–H groups in total. The van der Waals surface area contributed by atoms with Crippen molar-refractivity contribution in [3.63, 3.8) is 0 Å². The Bertz CT molecular complexity index is 680. The Hall–Kier alpha value is -2.62. The van der Waals surface area contributed by atoms with Crippen LogP contribution in [0, 0.1) is 0 Å². The lowest BCUT2D eigenvalue weighted by molar-refractivity contribution is -0.116. The van der Waals surface area contributed by atoms with Crippen LogP contribution in [0.25, 0.3) is 0 Å². The average Bonchev–Trinajstić information content (AvgIpc) is 2.97. The van der Waals surface area contributed by atoms with Crippen molar-refractivity contribution in [1.82, 2.24) is 0 Å². The molecule has 0 aliphatic carbocycles. The second-order valence-corrected chi connectivity index (χ2v) is 5.40. The van der Waals surface area contributed by atoms with Crippen molar-refractivity contribution >= 4 is 23.6 Å². The van der Waals surface area contributed by atoms with Gasteiger partial charge in [0.1, 0.15) is 6.29 Å². The van der Waals surface area contributed by atoms with E-state index in [4.69, 9.17) is 0 Å². The van der Waals surface area contributed by atoms with Crippen molar-refractivity contribution in [3.8, 4) is 0 Å². The summed E-state index contributed by atoms with van der Waals surface area (Å²) in [5.74, 6) is -0.0109. The number of nitrogens with zero attached hydrogens (tertiary/aromatic N) is 1. The van der Waals surface area contributed by atoms with E-state index in [1.165, 1.54) is 11.3 Å². The molecule has 3 rings (SSSR count). The topological polar surface area (TPSA) is 49.4 Å². The second kappa shape index (κ2) is 6.43. The molecule has 22 heavy (non-hydrogen) atoms. The standard InChI is InChI=1S/C18H18N2O2/c21-13-14-5-7-16(8-6-14)19-18(22)10-12-20-11-9-15-3-1-2-4-17(15)20/h1-8,13H,9-12H2,(H,19,22). The molecule has 0 spiro atoms. The molecule has 2 aromatic rings. The van der Waals surface area contributed by atoms with Gasteiger partial charge in [0.15, 0.2) is 0 Å². The van der Waals surface area contributed by atoms with Crippen molar-refractivity contribution < 1.29 is 9.59 Å². The van der Waals surface area contributed by atoms with Gasteiger partial charge in [-0.1, -0.05) is 18.2 Å². The maximum Gasteiger partial charge on any atom is 0.226 e. The summed E-state index contributed by atoms with van der Waals surface area (Å²) in [5.41, 5.74) is 3.92. The van der Waals surface area contributed by atoms with E-state index in [1.807, 2.05) is 6.07 Å². The van der Waals surface area contributed by atoms with Crippen LogP contribution in [0.5, 0.6) is 0 Å².